The van der Waals surface area contributed by atoms with E-state index in [1.807, 2.05) is 24.3 Å². The maximum Gasteiger partial charge on any atom is 0.181 e. The molecule has 0 radical (unpaired) electrons. The Balaban J connectivity index is 1.80. The predicted molar refractivity (Wildman–Crippen MR) is 215 cm³/mol. The van der Waals surface area contributed by atoms with Crippen molar-refractivity contribution in [2.45, 2.75) is 207 Å². The zero-order chi connectivity index (χ0) is 37.4. The average Bonchev–Trinajstić information content (AvgIpc) is 3.07. The van der Waals surface area contributed by atoms with Gasteiger partial charge >= 0.3 is 0 Å². The minimum Gasteiger partial charge on any atom is -0.366 e. The first-order valence-corrected chi connectivity index (χ1v) is 21.2. The Kier molecular flexibility index (Phi) is 23.9. The summed E-state index contributed by atoms with van der Waals surface area (Å²) < 4.78 is 6.09. The van der Waals surface area contributed by atoms with Gasteiger partial charge in [0.15, 0.2) is 19.0 Å². The molecular formula is C43H82N4O4. The van der Waals surface area contributed by atoms with E-state index in [-0.39, 0.29) is 16.9 Å². The summed E-state index contributed by atoms with van der Waals surface area (Å²) in [7, 11) is 0. The lowest BCUT2D eigenvalue weighted by Crippen LogP contribution is -2.53. The normalized spacial score (nSPS) is 21.3. The SMILES string of the molecule is CCCCCCCCCCCCC(CCCCCCCCCC)COC(O)c1ccc(NC(O)NC2CC(C)(C)CC(C)(CNC(N)O)C2)cc1. The molecule has 6 unspecified atom stereocenters. The quantitative estimate of drug-likeness (QED) is 0.0298. The average molecular weight is 719 g/mol. The highest BCUT2D eigenvalue weighted by Crippen LogP contribution is 2.46. The second kappa shape index (κ2) is 26.5. The fourth-order valence-electron chi connectivity index (χ4n) is 8.53. The van der Waals surface area contributed by atoms with Crippen molar-refractivity contribution in [1.82, 2.24) is 10.6 Å². The van der Waals surface area contributed by atoms with E-state index in [2.05, 4.69) is 50.6 Å². The fourth-order valence-corrected chi connectivity index (χ4v) is 8.53. The van der Waals surface area contributed by atoms with Gasteiger partial charge in [-0.05, 0) is 61.0 Å². The molecule has 51 heavy (non-hydrogen) atoms. The van der Waals surface area contributed by atoms with E-state index in [4.69, 9.17) is 10.5 Å². The Morgan fingerprint density at radius 1 is 0.725 bits per heavy atom. The largest absolute Gasteiger partial charge is 0.366 e. The third-order valence-corrected chi connectivity index (χ3v) is 11.0. The van der Waals surface area contributed by atoms with Crippen LogP contribution in [0.25, 0.3) is 0 Å². The standard InChI is InChI=1S/C43H82N4O4/c1-6-8-10-12-14-16-17-19-21-23-25-35(24-22-20-18-15-13-11-9-7-2)32-51-39(48)36-26-28-37(29-27-36)46-41(50)47-38-30-42(3,4)33-43(5,31-38)34-45-40(44)49/h26-29,35,38-41,45-50H,6-25,30-34,44H2,1-5H3. The molecule has 0 heterocycles. The van der Waals surface area contributed by atoms with E-state index in [0.29, 0.717) is 19.1 Å². The summed E-state index contributed by atoms with van der Waals surface area (Å²) in [6.07, 6.45) is 26.4. The van der Waals surface area contributed by atoms with Crippen LogP contribution in [0.15, 0.2) is 24.3 Å². The molecule has 8 N–H and O–H groups in total. The molecule has 0 amide bonds. The van der Waals surface area contributed by atoms with Crippen LogP contribution in [-0.4, -0.2) is 47.2 Å². The smallest absolute Gasteiger partial charge is 0.181 e. The summed E-state index contributed by atoms with van der Waals surface area (Å²) in [5, 5.41) is 40.9. The first-order chi connectivity index (χ1) is 24.4. The third kappa shape index (κ3) is 21.9. The maximum atomic E-state index is 11.0. The van der Waals surface area contributed by atoms with Crippen molar-refractivity contribution >= 4 is 5.69 Å². The lowest BCUT2D eigenvalue weighted by Gasteiger charge is -2.47. The van der Waals surface area contributed by atoms with Crippen LogP contribution >= 0.6 is 0 Å². The van der Waals surface area contributed by atoms with Gasteiger partial charge in [0.1, 0.15) is 0 Å². The predicted octanol–water partition coefficient (Wildman–Crippen LogP) is 9.84. The van der Waals surface area contributed by atoms with Gasteiger partial charge in [-0.1, -0.05) is 162 Å². The maximum absolute atomic E-state index is 11.0. The zero-order valence-electron chi connectivity index (χ0n) is 33.7. The van der Waals surface area contributed by atoms with Gasteiger partial charge < -0.3 is 25.4 Å². The van der Waals surface area contributed by atoms with E-state index in [1.165, 1.54) is 128 Å². The number of benzene rings is 1. The molecule has 1 fully saturated rings. The summed E-state index contributed by atoms with van der Waals surface area (Å²) in [5.74, 6) is 0.485. The Bertz CT molecular complexity index is 977. The number of anilines is 1. The van der Waals surface area contributed by atoms with Gasteiger partial charge in [0, 0.05) is 23.8 Å². The number of unbranched alkanes of at least 4 members (excludes halogenated alkanes) is 16. The van der Waals surface area contributed by atoms with Crippen LogP contribution in [0, 0.1) is 16.7 Å². The van der Waals surface area contributed by atoms with Crippen molar-refractivity contribution in [3.8, 4) is 0 Å². The van der Waals surface area contributed by atoms with Gasteiger partial charge in [-0.2, -0.15) is 0 Å². The van der Waals surface area contributed by atoms with Crippen molar-refractivity contribution in [3.63, 3.8) is 0 Å². The molecule has 0 aromatic heterocycles. The van der Waals surface area contributed by atoms with Gasteiger partial charge in [0.05, 0.1) is 6.61 Å². The van der Waals surface area contributed by atoms with E-state index in [9.17, 15) is 15.3 Å². The number of hydrogen-bond donors (Lipinski definition) is 7. The van der Waals surface area contributed by atoms with Crippen molar-refractivity contribution in [2.75, 3.05) is 18.5 Å². The highest BCUT2D eigenvalue weighted by Gasteiger charge is 2.41. The first-order valence-electron chi connectivity index (χ1n) is 21.2. The number of nitrogens with two attached hydrogens (primary N) is 1. The van der Waals surface area contributed by atoms with Gasteiger partial charge in [-0.3, -0.25) is 16.4 Å². The second-order valence-corrected chi connectivity index (χ2v) is 17.2. The molecule has 0 spiro atoms. The summed E-state index contributed by atoms with van der Waals surface area (Å²) in [6.45, 7) is 12.5. The molecule has 1 saturated carbocycles. The van der Waals surface area contributed by atoms with Crippen molar-refractivity contribution in [3.05, 3.63) is 29.8 Å². The Labute approximate surface area is 313 Å². The molecule has 6 atom stereocenters. The summed E-state index contributed by atoms with van der Waals surface area (Å²) in [5.41, 5.74) is 7.07. The Morgan fingerprint density at radius 2 is 1.22 bits per heavy atom. The second-order valence-electron chi connectivity index (χ2n) is 17.2. The van der Waals surface area contributed by atoms with E-state index < -0.39 is 19.0 Å². The van der Waals surface area contributed by atoms with Crippen LogP contribution < -0.4 is 21.7 Å². The molecule has 8 heteroatoms. The molecule has 1 aliphatic carbocycles. The van der Waals surface area contributed by atoms with Gasteiger partial charge in [0.2, 0.25) is 0 Å². The van der Waals surface area contributed by atoms with Gasteiger partial charge in [-0.15, -0.1) is 0 Å². The Morgan fingerprint density at radius 3 is 1.71 bits per heavy atom. The highest BCUT2D eigenvalue weighted by atomic mass is 16.6. The van der Waals surface area contributed by atoms with Crippen LogP contribution in [0.1, 0.15) is 194 Å². The van der Waals surface area contributed by atoms with Crippen molar-refractivity contribution in [1.29, 1.82) is 0 Å². The summed E-state index contributed by atoms with van der Waals surface area (Å²) >= 11 is 0. The number of aliphatic hydroxyl groups is 3. The molecule has 2 rings (SSSR count). The molecule has 298 valence electrons. The number of ether oxygens (including phenoxy) is 1. The highest BCUT2D eigenvalue weighted by molar-refractivity contribution is 5.45. The molecule has 1 aromatic carbocycles. The number of rotatable bonds is 31. The van der Waals surface area contributed by atoms with Crippen molar-refractivity contribution in [2.24, 2.45) is 22.5 Å². The van der Waals surface area contributed by atoms with Crippen LogP contribution in [0.5, 0.6) is 0 Å². The molecule has 1 aromatic rings. The minimum absolute atomic E-state index is 0.0581. The fraction of sp³-hybridized carbons (Fsp3) is 0.860. The molecule has 8 nitrogen and oxygen atoms in total. The summed E-state index contributed by atoms with van der Waals surface area (Å²) in [4.78, 5) is 0. The molecule has 1 aliphatic rings. The van der Waals surface area contributed by atoms with E-state index in [1.54, 1.807) is 0 Å². The minimum atomic E-state index is -1.03. The molecular weight excluding hydrogens is 636 g/mol. The van der Waals surface area contributed by atoms with E-state index >= 15 is 0 Å². The first kappa shape index (κ1) is 45.9. The third-order valence-electron chi connectivity index (χ3n) is 11.0. The molecule has 0 aliphatic heterocycles. The number of hydrogen-bond acceptors (Lipinski definition) is 8. The zero-order valence-corrected chi connectivity index (χ0v) is 33.7. The number of aliphatic hydroxyl groups excluding tert-OH is 3. The topological polar surface area (TPSA) is 132 Å². The summed E-state index contributed by atoms with van der Waals surface area (Å²) in [6, 6.07) is 7.62. The lowest BCUT2D eigenvalue weighted by atomic mass is 9.62. The van der Waals surface area contributed by atoms with Crippen LogP contribution in [0.2, 0.25) is 0 Å². The lowest BCUT2D eigenvalue weighted by molar-refractivity contribution is -0.115. The van der Waals surface area contributed by atoms with Crippen LogP contribution in [-0.2, 0) is 4.74 Å². The van der Waals surface area contributed by atoms with Crippen LogP contribution in [0.4, 0.5) is 5.69 Å². The number of nitrogens with one attached hydrogen (secondary N) is 3. The van der Waals surface area contributed by atoms with Crippen molar-refractivity contribution < 1.29 is 20.1 Å². The van der Waals surface area contributed by atoms with Crippen LogP contribution in [0.3, 0.4) is 0 Å². The monoisotopic (exact) mass is 719 g/mol. The molecule has 0 saturated heterocycles. The van der Waals surface area contributed by atoms with Gasteiger partial charge in [0.25, 0.3) is 0 Å². The van der Waals surface area contributed by atoms with E-state index in [0.717, 1.165) is 30.5 Å². The van der Waals surface area contributed by atoms with Gasteiger partial charge in [-0.25, -0.2) is 0 Å². The Hall–Kier alpha value is -1.26. The molecule has 0 bridgehead atoms.